The maximum atomic E-state index is 15.6. The van der Waals surface area contributed by atoms with E-state index < -0.39 is 87.7 Å². The molecule has 5 aromatic rings. The Kier molecular flexibility index (Phi) is 10.3. The summed E-state index contributed by atoms with van der Waals surface area (Å²) in [6.45, 7) is 5.43. The van der Waals surface area contributed by atoms with Gasteiger partial charge in [0.25, 0.3) is 12.3 Å². The summed E-state index contributed by atoms with van der Waals surface area (Å²) in [5.41, 5.74) is -2.97. The fourth-order valence-corrected chi connectivity index (χ4v) is 8.27. The van der Waals surface area contributed by atoms with Crippen molar-refractivity contribution in [3.05, 3.63) is 99.1 Å². The number of nitrogens with zero attached hydrogens (tertiary/aromatic N) is 5. The maximum Gasteiger partial charge on any atom is 0.297 e. The number of rotatable bonds is 11. The van der Waals surface area contributed by atoms with Crippen LogP contribution in [0.3, 0.4) is 0 Å². The fraction of sp³-hybridized carbons (Fsp3) is 0.333. The lowest BCUT2D eigenvalue weighted by atomic mass is 9.93. The maximum absolute atomic E-state index is 15.6. The minimum Gasteiger partial charge on any atom is -0.494 e. The number of nitrogens with one attached hydrogen (secondary N) is 2. The zero-order valence-corrected chi connectivity index (χ0v) is 33.3. The summed E-state index contributed by atoms with van der Waals surface area (Å²) in [5, 5.41) is 21.4. The van der Waals surface area contributed by atoms with Gasteiger partial charge in [-0.2, -0.15) is 19.0 Å². The second-order valence-corrected chi connectivity index (χ2v) is 17.0. The molecule has 310 valence electrons. The van der Waals surface area contributed by atoms with E-state index in [9.17, 15) is 35.9 Å². The van der Waals surface area contributed by atoms with E-state index in [4.69, 9.17) is 21.3 Å². The Morgan fingerprint density at radius 2 is 1.80 bits per heavy atom. The molecule has 2 aliphatic rings. The topological polar surface area (TPSA) is 153 Å². The molecule has 0 spiro atoms. The van der Waals surface area contributed by atoms with E-state index in [1.807, 2.05) is 0 Å². The highest BCUT2D eigenvalue weighted by molar-refractivity contribution is 7.92. The van der Waals surface area contributed by atoms with Gasteiger partial charge in [-0.3, -0.25) is 18.9 Å². The van der Waals surface area contributed by atoms with Crippen LogP contribution in [0.15, 0.2) is 48.6 Å². The van der Waals surface area contributed by atoms with Crippen LogP contribution in [0.1, 0.15) is 66.1 Å². The summed E-state index contributed by atoms with van der Waals surface area (Å²) in [4.78, 5) is 18.8. The first-order valence-electron chi connectivity index (χ1n) is 17.7. The van der Waals surface area contributed by atoms with Gasteiger partial charge >= 0.3 is 0 Å². The molecule has 0 radical (unpaired) electrons. The molecule has 3 heterocycles. The molecule has 20 heteroatoms. The molecular weight excluding hydrogens is 828 g/mol. The largest absolute Gasteiger partial charge is 0.494 e. The average Bonchev–Trinajstić information content (AvgIpc) is 3.34. The molecule has 2 aliphatic carbocycles. The van der Waals surface area contributed by atoms with Crippen molar-refractivity contribution in [1.29, 1.82) is 0 Å². The predicted molar refractivity (Wildman–Crippen MR) is 205 cm³/mol. The zero-order chi connectivity index (χ0) is 43.1. The van der Waals surface area contributed by atoms with Gasteiger partial charge in [0.05, 0.1) is 46.9 Å². The molecule has 3 N–H and O–H groups in total. The third-order valence-electron chi connectivity index (χ3n) is 9.82. The van der Waals surface area contributed by atoms with Crippen LogP contribution in [0.25, 0.3) is 22.0 Å². The zero-order valence-electron chi connectivity index (χ0n) is 31.8. The van der Waals surface area contributed by atoms with Crippen LogP contribution in [0, 0.1) is 29.4 Å². The molecule has 12 nitrogen and oxygen atoms in total. The quantitative estimate of drug-likeness (QED) is 0.0756. The smallest absolute Gasteiger partial charge is 0.297 e. The molecule has 1 fully saturated rings. The Morgan fingerprint density at radius 3 is 2.41 bits per heavy atom. The number of fused-ring (bicyclic) bond motifs is 4. The number of alkyl halides is 4. The first-order valence-corrected chi connectivity index (χ1v) is 19.9. The summed E-state index contributed by atoms with van der Waals surface area (Å²) in [5.74, 6) is -3.75. The minimum absolute atomic E-state index is 0.00650. The molecule has 0 bridgehead atoms. The van der Waals surface area contributed by atoms with Crippen LogP contribution < -0.4 is 14.8 Å². The molecule has 0 unspecified atom stereocenters. The number of hydrogen-bond donors (Lipinski definition) is 3. The molecule has 1 amide bonds. The number of aromatic nitrogens is 5. The number of allylic oxidation sites excluding steroid dienone is 1. The number of benzene rings is 2. The van der Waals surface area contributed by atoms with Gasteiger partial charge in [0.2, 0.25) is 15.9 Å². The van der Waals surface area contributed by atoms with E-state index in [1.165, 1.54) is 44.8 Å². The first kappa shape index (κ1) is 41.6. The van der Waals surface area contributed by atoms with Crippen molar-refractivity contribution in [3.8, 4) is 28.7 Å². The van der Waals surface area contributed by atoms with Crippen LogP contribution in [-0.2, 0) is 40.8 Å². The molecule has 1 saturated carbocycles. The number of anilines is 1. The summed E-state index contributed by atoms with van der Waals surface area (Å²) in [6, 6.07) is 5.69. The highest BCUT2D eigenvalue weighted by Crippen LogP contribution is 2.71. The molecular formula is C39H34ClF6N7O5S. The van der Waals surface area contributed by atoms with Crippen molar-refractivity contribution in [2.24, 2.45) is 13.0 Å². The Bertz CT molecular complexity index is 2750. The number of methoxy groups -OCH3 is 1. The molecule has 7 rings (SSSR count). The van der Waals surface area contributed by atoms with Crippen LogP contribution in [0.2, 0.25) is 5.02 Å². The third kappa shape index (κ3) is 7.83. The van der Waals surface area contributed by atoms with Crippen molar-refractivity contribution in [2.75, 3.05) is 18.1 Å². The standard InChI is InChI=1S/C39H34ClF6N7O5S/c1-17-28-30-33(36(43)44)49-53(35(30)39(45,46)31(17)28)16-27(54)47-25(13-18-11-19(41)14-20(42)12-18)32-22(15-26(58-5)24(48-32)9-10-38(2,3)55)21-7-8-23(40)29-34(21)52(4)50-37(29)51-59(6,56)57/h7-8,11-12,14-15,25,28,31,36,55H,1,13,16H2,2-6H3,(H,47,54)(H,50,51)/t25-,28+,31+/m0/s1. The highest BCUT2D eigenvalue weighted by atomic mass is 35.5. The Morgan fingerprint density at radius 1 is 1.12 bits per heavy atom. The Hall–Kier alpha value is -5.58. The second kappa shape index (κ2) is 14.6. The monoisotopic (exact) mass is 861 g/mol. The number of ether oxygens (including phenoxy) is 1. The summed E-state index contributed by atoms with van der Waals surface area (Å²) in [7, 11) is -1.05. The SMILES string of the molecule is C=C1[C@@H]2c3c(C(F)F)nn(CC(=O)N[C@@H](Cc4cc(F)cc(F)c4)c4nc(C#CC(C)(C)O)c(OC)cc4-c4ccc(Cl)c5c(NS(C)(=O)=O)nn(C)c45)c3C(F)(F)[C@H]12. The van der Waals surface area contributed by atoms with E-state index in [0.717, 1.165) is 18.4 Å². The summed E-state index contributed by atoms with van der Waals surface area (Å²) in [6.07, 6.45) is -2.72. The van der Waals surface area contributed by atoms with E-state index in [1.54, 1.807) is 6.07 Å². The average molecular weight is 862 g/mol. The lowest BCUT2D eigenvalue weighted by molar-refractivity contribution is -0.122. The van der Waals surface area contributed by atoms with Gasteiger partial charge in [0.15, 0.2) is 17.3 Å². The van der Waals surface area contributed by atoms with Crippen LogP contribution in [-0.4, -0.2) is 62.9 Å². The van der Waals surface area contributed by atoms with Crippen molar-refractivity contribution in [2.45, 2.75) is 56.7 Å². The fourth-order valence-electron chi connectivity index (χ4n) is 7.53. The van der Waals surface area contributed by atoms with Gasteiger partial charge in [0.1, 0.15) is 35.2 Å². The number of aryl methyl sites for hydroxylation is 1. The number of hydrogen-bond acceptors (Lipinski definition) is 8. The molecule has 3 aromatic heterocycles. The minimum atomic E-state index is -3.87. The van der Waals surface area contributed by atoms with Crippen molar-refractivity contribution in [1.82, 2.24) is 29.9 Å². The van der Waals surface area contributed by atoms with E-state index >= 15 is 8.78 Å². The van der Waals surface area contributed by atoms with Crippen LogP contribution in [0.5, 0.6) is 5.75 Å². The van der Waals surface area contributed by atoms with Crippen LogP contribution >= 0.6 is 11.6 Å². The molecule has 0 aliphatic heterocycles. The Labute approximate surface area is 338 Å². The number of sulfonamides is 1. The second-order valence-electron chi connectivity index (χ2n) is 14.8. The van der Waals surface area contributed by atoms with E-state index in [2.05, 4.69) is 38.7 Å². The lowest BCUT2D eigenvalue weighted by Crippen LogP contribution is -2.35. The van der Waals surface area contributed by atoms with Crippen LogP contribution in [0.4, 0.5) is 32.2 Å². The van der Waals surface area contributed by atoms with Gasteiger partial charge < -0.3 is 15.2 Å². The van der Waals surface area contributed by atoms with Crippen molar-refractivity contribution >= 4 is 44.3 Å². The number of aliphatic hydroxyl groups is 1. The number of amides is 1. The number of halogens is 7. The molecule has 59 heavy (non-hydrogen) atoms. The number of carbonyl (C=O) groups excluding carboxylic acids is 1. The van der Waals surface area contributed by atoms with Gasteiger partial charge in [0, 0.05) is 35.7 Å². The van der Waals surface area contributed by atoms with E-state index in [0.29, 0.717) is 10.7 Å². The van der Waals surface area contributed by atoms with Gasteiger partial charge in [-0.15, -0.1) is 0 Å². The van der Waals surface area contributed by atoms with Gasteiger partial charge in [-0.1, -0.05) is 35.7 Å². The predicted octanol–water partition coefficient (Wildman–Crippen LogP) is 6.68. The summed E-state index contributed by atoms with van der Waals surface area (Å²) >= 11 is 6.61. The number of carbonyl (C=O) groups is 1. The van der Waals surface area contributed by atoms with Crippen molar-refractivity contribution < 1.29 is 49.4 Å². The molecule has 0 saturated heterocycles. The number of pyridine rings is 1. The first-order chi connectivity index (χ1) is 27.5. The molecule has 2 aromatic carbocycles. The van der Waals surface area contributed by atoms with Gasteiger partial charge in [-0.05, 0) is 56.0 Å². The van der Waals surface area contributed by atoms with Crippen molar-refractivity contribution in [3.63, 3.8) is 0 Å². The normalized spacial score (nSPS) is 17.4. The third-order valence-corrected chi connectivity index (χ3v) is 10.7. The Balaban J connectivity index is 1.43. The van der Waals surface area contributed by atoms with E-state index in [-0.39, 0.29) is 66.7 Å². The van der Waals surface area contributed by atoms with Gasteiger partial charge in [-0.25, -0.2) is 31.0 Å². The summed E-state index contributed by atoms with van der Waals surface area (Å²) < 4.78 is 123. The lowest BCUT2D eigenvalue weighted by Gasteiger charge is -2.24. The highest BCUT2D eigenvalue weighted by Gasteiger charge is 2.70. The molecule has 3 atom stereocenters.